The Morgan fingerprint density at radius 2 is 2.12 bits per heavy atom. The fraction of sp³-hybridized carbons (Fsp3) is 0.308. The molecule has 0 unspecified atom stereocenters. The topological polar surface area (TPSA) is 20.3 Å². The van der Waals surface area contributed by atoms with Crippen LogP contribution < -0.4 is 0 Å². The second-order valence-electron chi connectivity index (χ2n) is 4.03. The molecule has 0 saturated heterocycles. The van der Waals surface area contributed by atoms with Gasteiger partial charge in [0.15, 0.2) is 0 Å². The summed E-state index contributed by atoms with van der Waals surface area (Å²) < 4.78 is 0.961. The van der Waals surface area contributed by atoms with Gasteiger partial charge in [0, 0.05) is 23.1 Å². The molecule has 0 aliphatic carbocycles. The molecule has 1 aliphatic heterocycles. The summed E-state index contributed by atoms with van der Waals surface area (Å²) in [5.41, 5.74) is 1.87. The lowest BCUT2D eigenvalue weighted by Gasteiger charge is -2.23. The van der Waals surface area contributed by atoms with Gasteiger partial charge in [-0.2, -0.15) is 0 Å². The van der Waals surface area contributed by atoms with E-state index in [0.29, 0.717) is 0 Å². The highest BCUT2D eigenvalue weighted by molar-refractivity contribution is 9.10. The molecule has 0 saturated carbocycles. The first-order chi connectivity index (χ1) is 7.66. The predicted octanol–water partition coefficient (Wildman–Crippen LogP) is 3.16. The number of hydrogen-bond donors (Lipinski definition) is 0. The van der Waals surface area contributed by atoms with Gasteiger partial charge in [-0.15, -0.1) is 0 Å². The first kappa shape index (κ1) is 11.4. The molecule has 16 heavy (non-hydrogen) atoms. The van der Waals surface area contributed by atoms with Gasteiger partial charge in [0.2, 0.25) is 0 Å². The van der Waals surface area contributed by atoms with Gasteiger partial charge in [0.05, 0.1) is 0 Å². The number of carbonyl (C=O) groups is 1. The lowest BCUT2D eigenvalue weighted by Crippen LogP contribution is -2.33. The minimum atomic E-state index is 0.119. The van der Waals surface area contributed by atoms with Crippen molar-refractivity contribution in [2.24, 2.45) is 0 Å². The maximum absolute atomic E-state index is 12.2. The van der Waals surface area contributed by atoms with Gasteiger partial charge in [-0.1, -0.05) is 28.1 Å². The van der Waals surface area contributed by atoms with E-state index in [1.807, 2.05) is 36.1 Å². The van der Waals surface area contributed by atoms with Crippen LogP contribution >= 0.6 is 15.9 Å². The Morgan fingerprint density at radius 3 is 2.75 bits per heavy atom. The molecule has 1 aliphatic rings. The number of amides is 1. The van der Waals surface area contributed by atoms with Crippen LogP contribution in [0.25, 0.3) is 0 Å². The van der Waals surface area contributed by atoms with E-state index in [4.69, 9.17) is 0 Å². The quantitative estimate of drug-likeness (QED) is 0.724. The zero-order chi connectivity index (χ0) is 11.5. The standard InChI is InChI=1S/C13H14BrNO/c1-10-7-11(9-12(14)8-10)13(16)15-5-3-2-4-6-15/h2-3,7-9H,4-6H2,1H3. The lowest BCUT2D eigenvalue weighted by atomic mass is 10.1. The molecule has 3 heteroatoms. The highest BCUT2D eigenvalue weighted by atomic mass is 79.9. The Kier molecular flexibility index (Phi) is 3.44. The molecule has 0 fully saturated rings. The van der Waals surface area contributed by atoms with Crippen LogP contribution in [-0.2, 0) is 0 Å². The second kappa shape index (κ2) is 4.83. The van der Waals surface area contributed by atoms with Crippen molar-refractivity contribution in [3.8, 4) is 0 Å². The Hall–Kier alpha value is -1.09. The Labute approximate surface area is 104 Å². The molecule has 0 aromatic heterocycles. The highest BCUT2D eigenvalue weighted by Gasteiger charge is 2.16. The third-order valence-electron chi connectivity index (χ3n) is 2.63. The van der Waals surface area contributed by atoms with Crippen molar-refractivity contribution in [1.82, 2.24) is 4.90 Å². The van der Waals surface area contributed by atoms with Crippen LogP contribution in [-0.4, -0.2) is 23.9 Å². The van der Waals surface area contributed by atoms with Crippen LogP contribution in [0.3, 0.4) is 0 Å². The van der Waals surface area contributed by atoms with E-state index < -0.39 is 0 Å². The summed E-state index contributed by atoms with van der Waals surface area (Å²) in [6.07, 6.45) is 5.13. The van der Waals surface area contributed by atoms with Gasteiger partial charge >= 0.3 is 0 Å². The average molecular weight is 280 g/mol. The first-order valence-electron chi connectivity index (χ1n) is 5.38. The van der Waals surface area contributed by atoms with Crippen molar-refractivity contribution < 1.29 is 4.79 Å². The number of aryl methyl sites for hydroxylation is 1. The summed E-state index contributed by atoms with van der Waals surface area (Å²) in [7, 11) is 0. The lowest BCUT2D eigenvalue weighted by molar-refractivity contribution is 0.0771. The van der Waals surface area contributed by atoms with Crippen LogP contribution in [0.15, 0.2) is 34.8 Å². The van der Waals surface area contributed by atoms with E-state index in [1.54, 1.807) is 0 Å². The molecule has 1 aromatic carbocycles. The van der Waals surface area contributed by atoms with Crippen LogP contribution in [0.2, 0.25) is 0 Å². The Morgan fingerprint density at radius 1 is 1.31 bits per heavy atom. The van der Waals surface area contributed by atoms with E-state index in [1.165, 1.54) is 0 Å². The molecule has 2 nitrogen and oxygen atoms in total. The molecule has 0 atom stereocenters. The van der Waals surface area contributed by atoms with E-state index in [0.717, 1.165) is 35.1 Å². The van der Waals surface area contributed by atoms with Crippen LogP contribution in [0, 0.1) is 6.92 Å². The molecule has 84 valence electrons. The smallest absolute Gasteiger partial charge is 0.254 e. The van der Waals surface area contributed by atoms with Gasteiger partial charge < -0.3 is 4.90 Å². The maximum atomic E-state index is 12.2. The number of nitrogens with zero attached hydrogens (tertiary/aromatic N) is 1. The zero-order valence-electron chi connectivity index (χ0n) is 9.24. The summed E-state index contributed by atoms with van der Waals surface area (Å²) in [5, 5.41) is 0. The van der Waals surface area contributed by atoms with E-state index in [9.17, 15) is 4.79 Å². The number of carbonyl (C=O) groups excluding carboxylic acids is 1. The number of benzene rings is 1. The molecule has 1 aromatic rings. The van der Waals surface area contributed by atoms with Gasteiger partial charge in [-0.3, -0.25) is 4.79 Å². The van der Waals surface area contributed by atoms with E-state index in [-0.39, 0.29) is 5.91 Å². The fourth-order valence-corrected chi connectivity index (χ4v) is 2.48. The summed E-state index contributed by atoms with van der Waals surface area (Å²) in [4.78, 5) is 14.1. The van der Waals surface area contributed by atoms with Crippen LogP contribution in [0.4, 0.5) is 0 Å². The molecule has 1 heterocycles. The molecule has 0 radical (unpaired) electrons. The summed E-state index contributed by atoms with van der Waals surface area (Å²) in [5.74, 6) is 0.119. The molecule has 0 spiro atoms. The maximum Gasteiger partial charge on any atom is 0.254 e. The van der Waals surface area contributed by atoms with Gasteiger partial charge in [-0.05, 0) is 37.1 Å². The molecule has 0 bridgehead atoms. The molecule has 0 N–H and O–H groups in total. The third kappa shape index (κ3) is 2.53. The van der Waals surface area contributed by atoms with E-state index >= 15 is 0 Å². The van der Waals surface area contributed by atoms with E-state index in [2.05, 4.69) is 22.0 Å². The normalized spacial score (nSPS) is 15.2. The van der Waals surface area contributed by atoms with Crippen LogP contribution in [0.5, 0.6) is 0 Å². The predicted molar refractivity (Wildman–Crippen MR) is 68.5 cm³/mol. The summed E-state index contributed by atoms with van der Waals surface area (Å²) in [6.45, 7) is 3.54. The molecular weight excluding hydrogens is 266 g/mol. The monoisotopic (exact) mass is 279 g/mol. The van der Waals surface area contributed by atoms with Gasteiger partial charge in [0.1, 0.15) is 0 Å². The molecule has 1 amide bonds. The van der Waals surface area contributed by atoms with Crippen molar-refractivity contribution in [3.63, 3.8) is 0 Å². The minimum absolute atomic E-state index is 0.119. The second-order valence-corrected chi connectivity index (χ2v) is 4.94. The van der Waals surface area contributed by atoms with Crippen molar-refractivity contribution in [2.45, 2.75) is 13.3 Å². The van der Waals surface area contributed by atoms with Crippen molar-refractivity contribution in [2.75, 3.05) is 13.1 Å². The van der Waals surface area contributed by atoms with Crippen molar-refractivity contribution in [1.29, 1.82) is 0 Å². The fourth-order valence-electron chi connectivity index (χ4n) is 1.87. The average Bonchev–Trinajstić information content (AvgIpc) is 2.28. The van der Waals surface area contributed by atoms with Crippen molar-refractivity contribution in [3.05, 3.63) is 46.0 Å². The highest BCUT2D eigenvalue weighted by Crippen LogP contribution is 2.17. The minimum Gasteiger partial charge on any atom is -0.335 e. The molecule has 2 rings (SSSR count). The molecular formula is C13H14BrNO. The Balaban J connectivity index is 2.23. The third-order valence-corrected chi connectivity index (χ3v) is 3.09. The summed E-state index contributed by atoms with van der Waals surface area (Å²) in [6, 6.07) is 5.83. The SMILES string of the molecule is Cc1cc(Br)cc(C(=O)N2CC=CCC2)c1. The first-order valence-corrected chi connectivity index (χ1v) is 6.17. The largest absolute Gasteiger partial charge is 0.335 e. The number of hydrogen-bond acceptors (Lipinski definition) is 1. The number of rotatable bonds is 1. The van der Waals surface area contributed by atoms with Crippen LogP contribution in [0.1, 0.15) is 22.3 Å². The number of halogens is 1. The van der Waals surface area contributed by atoms with Gasteiger partial charge in [-0.25, -0.2) is 0 Å². The Bertz CT molecular complexity index is 419. The van der Waals surface area contributed by atoms with Crippen molar-refractivity contribution >= 4 is 21.8 Å². The van der Waals surface area contributed by atoms with Gasteiger partial charge in [0.25, 0.3) is 5.91 Å². The zero-order valence-corrected chi connectivity index (χ0v) is 10.8. The summed E-state index contributed by atoms with van der Waals surface area (Å²) >= 11 is 3.42.